The summed E-state index contributed by atoms with van der Waals surface area (Å²) in [6.45, 7) is 2.04. The summed E-state index contributed by atoms with van der Waals surface area (Å²) in [5, 5.41) is 0.899. The standard InChI is InChI=1S/C19H14N2OS2/c1-12-5-4-6-13(9-12)10-16-19(22)21-18(24-16)11-17-20-14-7-2-3-8-15(14)23-17/h2-11H,1H3,(H,21,22)/b16-10-,18-11+. The van der Waals surface area contributed by atoms with E-state index in [1.807, 2.05) is 55.5 Å². The van der Waals surface area contributed by atoms with E-state index in [0.29, 0.717) is 4.53 Å². The molecule has 1 N–H and O–H groups in total. The molecular formula is C19H14N2OS2. The van der Waals surface area contributed by atoms with Crippen molar-refractivity contribution in [1.82, 2.24) is 9.97 Å². The Kier molecular flexibility index (Phi) is 3.88. The summed E-state index contributed by atoms with van der Waals surface area (Å²) in [5.41, 5.74) is 3.14. The predicted octanol–water partition coefficient (Wildman–Crippen LogP) is 3.01. The summed E-state index contributed by atoms with van der Waals surface area (Å²) in [7, 11) is 0. The van der Waals surface area contributed by atoms with E-state index in [1.54, 1.807) is 11.3 Å². The Bertz CT molecular complexity index is 1160. The summed E-state index contributed by atoms with van der Waals surface area (Å²) < 4.78 is 2.67. The van der Waals surface area contributed by atoms with Gasteiger partial charge in [0.25, 0.3) is 5.56 Å². The monoisotopic (exact) mass is 350 g/mol. The number of hydrogen-bond donors (Lipinski definition) is 1. The van der Waals surface area contributed by atoms with E-state index in [4.69, 9.17) is 0 Å². The lowest BCUT2D eigenvalue weighted by Gasteiger charge is -1.93. The van der Waals surface area contributed by atoms with Gasteiger partial charge in [-0.15, -0.1) is 22.7 Å². The zero-order chi connectivity index (χ0) is 16.5. The molecule has 0 radical (unpaired) electrons. The summed E-state index contributed by atoms with van der Waals surface area (Å²) in [6, 6.07) is 16.1. The van der Waals surface area contributed by atoms with Crippen LogP contribution in [0.1, 0.15) is 16.1 Å². The predicted molar refractivity (Wildman–Crippen MR) is 102 cm³/mol. The smallest absolute Gasteiger partial charge is 0.266 e. The summed E-state index contributed by atoms with van der Waals surface area (Å²) in [4.78, 5) is 19.7. The highest BCUT2D eigenvalue weighted by Gasteiger charge is 2.01. The Labute approximate surface area is 146 Å². The zero-order valence-corrected chi connectivity index (χ0v) is 14.6. The number of para-hydroxylation sites is 1. The minimum atomic E-state index is -0.0612. The van der Waals surface area contributed by atoms with E-state index >= 15 is 0 Å². The van der Waals surface area contributed by atoms with E-state index < -0.39 is 0 Å². The van der Waals surface area contributed by atoms with Crippen LogP contribution >= 0.6 is 22.7 Å². The topological polar surface area (TPSA) is 45.8 Å². The summed E-state index contributed by atoms with van der Waals surface area (Å²) in [6.07, 6.45) is 3.86. The van der Waals surface area contributed by atoms with Crippen LogP contribution in [0.15, 0.2) is 53.3 Å². The number of nitrogens with zero attached hydrogens (tertiary/aromatic N) is 1. The lowest BCUT2D eigenvalue weighted by atomic mass is 10.1. The maximum atomic E-state index is 12.2. The van der Waals surface area contributed by atoms with Gasteiger partial charge in [-0.1, -0.05) is 42.0 Å². The van der Waals surface area contributed by atoms with Crippen LogP contribution < -0.4 is 14.8 Å². The van der Waals surface area contributed by atoms with Gasteiger partial charge in [0.05, 0.1) is 19.4 Å². The largest absolute Gasteiger partial charge is 0.313 e. The van der Waals surface area contributed by atoms with Gasteiger partial charge < -0.3 is 4.98 Å². The number of rotatable bonds is 2. The van der Waals surface area contributed by atoms with Gasteiger partial charge in [-0.05, 0) is 30.7 Å². The highest BCUT2D eigenvalue weighted by Crippen LogP contribution is 2.21. The van der Waals surface area contributed by atoms with Crippen molar-refractivity contribution in [2.24, 2.45) is 0 Å². The van der Waals surface area contributed by atoms with Crippen molar-refractivity contribution in [3.63, 3.8) is 0 Å². The molecule has 0 atom stereocenters. The highest BCUT2D eigenvalue weighted by molar-refractivity contribution is 7.19. The fraction of sp³-hybridized carbons (Fsp3) is 0.0526. The number of fused-ring (bicyclic) bond motifs is 1. The van der Waals surface area contributed by atoms with Gasteiger partial charge in [0.1, 0.15) is 5.01 Å². The molecule has 0 aliphatic rings. The lowest BCUT2D eigenvalue weighted by molar-refractivity contribution is 1.25. The third-order valence-corrected chi connectivity index (χ3v) is 5.53. The molecule has 0 saturated heterocycles. The van der Waals surface area contributed by atoms with Crippen molar-refractivity contribution in [3.8, 4) is 0 Å². The molecule has 0 bridgehead atoms. The minimum Gasteiger partial charge on any atom is -0.313 e. The van der Waals surface area contributed by atoms with E-state index in [1.165, 1.54) is 16.9 Å². The van der Waals surface area contributed by atoms with Crippen LogP contribution in [0.5, 0.6) is 0 Å². The molecule has 2 heterocycles. The van der Waals surface area contributed by atoms with Gasteiger partial charge in [-0.2, -0.15) is 0 Å². The molecule has 0 spiro atoms. The van der Waals surface area contributed by atoms with Gasteiger partial charge in [-0.25, -0.2) is 4.98 Å². The Morgan fingerprint density at radius 1 is 1.04 bits per heavy atom. The Morgan fingerprint density at radius 2 is 1.92 bits per heavy atom. The molecule has 2 aromatic carbocycles. The fourth-order valence-electron chi connectivity index (χ4n) is 2.50. The van der Waals surface area contributed by atoms with E-state index in [0.717, 1.165) is 25.5 Å². The molecule has 0 unspecified atom stereocenters. The van der Waals surface area contributed by atoms with Crippen LogP contribution in [0.3, 0.4) is 0 Å². The lowest BCUT2D eigenvalue weighted by Crippen LogP contribution is -2.19. The van der Waals surface area contributed by atoms with E-state index in [9.17, 15) is 4.79 Å². The number of benzene rings is 2. The second-order valence-corrected chi connectivity index (χ2v) is 7.65. The number of H-pyrrole nitrogens is 1. The second kappa shape index (κ2) is 6.19. The van der Waals surface area contributed by atoms with Crippen molar-refractivity contribution in [2.75, 3.05) is 0 Å². The van der Waals surface area contributed by atoms with Gasteiger partial charge in [-0.3, -0.25) is 4.79 Å². The molecule has 24 heavy (non-hydrogen) atoms. The first-order valence-corrected chi connectivity index (χ1v) is 9.15. The summed E-state index contributed by atoms with van der Waals surface area (Å²) >= 11 is 3.07. The quantitative estimate of drug-likeness (QED) is 0.604. The van der Waals surface area contributed by atoms with Crippen LogP contribution in [0.2, 0.25) is 0 Å². The molecule has 5 heteroatoms. The zero-order valence-electron chi connectivity index (χ0n) is 12.9. The molecule has 118 valence electrons. The van der Waals surface area contributed by atoms with Crippen molar-refractivity contribution >= 4 is 45.0 Å². The van der Waals surface area contributed by atoms with Crippen LogP contribution in [0.25, 0.3) is 22.4 Å². The Hall–Kier alpha value is -2.50. The molecule has 0 saturated carbocycles. The van der Waals surface area contributed by atoms with Gasteiger partial charge in [0, 0.05) is 6.08 Å². The number of aryl methyl sites for hydroxylation is 1. The van der Waals surface area contributed by atoms with Crippen molar-refractivity contribution in [1.29, 1.82) is 0 Å². The maximum Gasteiger partial charge on any atom is 0.266 e. The van der Waals surface area contributed by atoms with Crippen molar-refractivity contribution < 1.29 is 0 Å². The first-order chi connectivity index (χ1) is 11.7. The fourth-order valence-corrected chi connectivity index (χ4v) is 4.38. The van der Waals surface area contributed by atoms with Gasteiger partial charge in [0.2, 0.25) is 0 Å². The Balaban J connectivity index is 1.79. The van der Waals surface area contributed by atoms with Crippen LogP contribution in [0, 0.1) is 6.92 Å². The molecule has 4 aromatic rings. The molecule has 4 rings (SSSR count). The average Bonchev–Trinajstić information content (AvgIpc) is 3.10. The Morgan fingerprint density at radius 3 is 2.75 bits per heavy atom. The molecular weight excluding hydrogens is 336 g/mol. The maximum absolute atomic E-state index is 12.2. The molecule has 2 aromatic heterocycles. The highest BCUT2D eigenvalue weighted by atomic mass is 32.1. The van der Waals surface area contributed by atoms with E-state index in [2.05, 4.69) is 22.1 Å². The normalized spacial score (nSPS) is 13.0. The van der Waals surface area contributed by atoms with Crippen LogP contribution in [-0.2, 0) is 0 Å². The third-order valence-electron chi connectivity index (χ3n) is 3.59. The number of aromatic nitrogens is 2. The van der Waals surface area contributed by atoms with E-state index in [-0.39, 0.29) is 5.56 Å². The molecule has 0 fully saturated rings. The molecule has 0 aliphatic carbocycles. The van der Waals surface area contributed by atoms with Gasteiger partial charge in [0.15, 0.2) is 0 Å². The van der Waals surface area contributed by atoms with Crippen molar-refractivity contribution in [3.05, 3.63) is 84.2 Å². The number of aromatic amines is 1. The first-order valence-electron chi connectivity index (χ1n) is 7.52. The number of hydrogen-bond acceptors (Lipinski definition) is 4. The van der Waals surface area contributed by atoms with Gasteiger partial charge >= 0.3 is 0 Å². The van der Waals surface area contributed by atoms with Crippen LogP contribution in [-0.4, -0.2) is 9.97 Å². The molecule has 3 nitrogen and oxygen atoms in total. The molecule has 0 aliphatic heterocycles. The SMILES string of the molecule is Cc1cccc(/C=c2\s/c(=C/c3nc4ccccc4s3)[nH]c2=O)c1. The second-order valence-electron chi connectivity index (χ2n) is 5.51. The molecule has 0 amide bonds. The van der Waals surface area contributed by atoms with Crippen molar-refractivity contribution in [2.45, 2.75) is 6.92 Å². The number of nitrogens with one attached hydrogen (secondary N) is 1. The summed E-state index contributed by atoms with van der Waals surface area (Å²) in [5.74, 6) is 0. The first kappa shape index (κ1) is 15.1. The third kappa shape index (κ3) is 3.09. The average molecular weight is 350 g/mol. The van der Waals surface area contributed by atoms with Crippen LogP contribution in [0.4, 0.5) is 0 Å². The minimum absolute atomic E-state index is 0.0612. The number of thiazole rings is 2.